The minimum absolute atomic E-state index is 0.924. The summed E-state index contributed by atoms with van der Waals surface area (Å²) in [6.45, 7) is 13.6. The van der Waals surface area contributed by atoms with Crippen LogP contribution in [0.1, 0.15) is 40.5 Å². The molecular weight excluding hydrogens is 136 g/mol. The predicted octanol–water partition coefficient (Wildman–Crippen LogP) is 3.41. The van der Waals surface area contributed by atoms with E-state index in [4.69, 9.17) is 4.74 Å². The predicted molar refractivity (Wildman–Crippen MR) is 51.9 cm³/mol. The monoisotopic (exact) mass is 158 g/mol. The smallest absolute Gasteiger partial charge is 0.0463 e. The largest absolute Gasteiger partial charge is 0.381 e. The topological polar surface area (TPSA) is 9.23 Å². The Hall–Kier alpha value is -0.300. The van der Waals surface area contributed by atoms with Crippen molar-refractivity contribution < 1.29 is 4.74 Å². The van der Waals surface area contributed by atoms with E-state index >= 15 is 0 Å². The Balaban J connectivity index is 0. The van der Waals surface area contributed by atoms with Crippen molar-refractivity contribution in [3.05, 3.63) is 12.2 Å². The van der Waals surface area contributed by atoms with Crippen molar-refractivity contribution in [1.29, 1.82) is 0 Å². The van der Waals surface area contributed by atoms with Crippen molar-refractivity contribution >= 4 is 0 Å². The molecule has 11 heavy (non-hydrogen) atoms. The number of hydrogen-bond donors (Lipinski definition) is 0. The molecule has 0 spiro atoms. The maximum absolute atomic E-state index is 5.13. The van der Waals surface area contributed by atoms with E-state index in [0.717, 1.165) is 26.1 Å². The number of allylic oxidation sites excluding steroid dienone is 1. The average Bonchev–Trinajstić information content (AvgIpc) is 1.88. The molecule has 0 saturated heterocycles. The Morgan fingerprint density at radius 1 is 1.09 bits per heavy atom. The van der Waals surface area contributed by atoms with Crippen LogP contribution in [0.4, 0.5) is 0 Å². The Morgan fingerprint density at radius 3 is 1.55 bits per heavy atom. The number of rotatable bonds is 4. The minimum atomic E-state index is 0.924. The third-order valence-electron chi connectivity index (χ3n) is 0.697. The molecule has 0 fully saturated rings. The third kappa shape index (κ3) is 42.0. The van der Waals surface area contributed by atoms with Crippen molar-refractivity contribution in [1.82, 2.24) is 0 Å². The molecule has 1 heteroatoms. The highest BCUT2D eigenvalue weighted by molar-refractivity contribution is 4.78. The number of ether oxygens (including phenoxy) is 1. The van der Waals surface area contributed by atoms with Gasteiger partial charge in [-0.3, -0.25) is 0 Å². The first-order chi connectivity index (χ1) is 5.15. The fraction of sp³-hybridized carbons (Fsp3) is 0.800. The summed E-state index contributed by atoms with van der Waals surface area (Å²) < 4.78 is 5.13. The van der Waals surface area contributed by atoms with Crippen molar-refractivity contribution in [3.63, 3.8) is 0 Å². The summed E-state index contributed by atoms with van der Waals surface area (Å²) in [5, 5.41) is 0. The molecular formula is C10H22O. The van der Waals surface area contributed by atoms with Crippen LogP contribution in [0, 0.1) is 0 Å². The van der Waals surface area contributed by atoms with Crippen molar-refractivity contribution in [2.24, 2.45) is 0 Å². The highest BCUT2D eigenvalue weighted by atomic mass is 16.5. The molecule has 0 radical (unpaired) electrons. The van der Waals surface area contributed by atoms with Crippen LogP contribution >= 0.6 is 0 Å². The van der Waals surface area contributed by atoms with E-state index in [9.17, 15) is 0 Å². The quantitative estimate of drug-likeness (QED) is 0.450. The Bertz CT molecular complexity index is 68.9. The molecule has 1 nitrogen and oxygen atoms in total. The van der Waals surface area contributed by atoms with Gasteiger partial charge in [-0.15, -0.1) is 6.58 Å². The second-order valence-electron chi connectivity index (χ2n) is 2.82. The van der Waals surface area contributed by atoms with Gasteiger partial charge in [-0.1, -0.05) is 19.4 Å². The Labute approximate surface area is 71.5 Å². The zero-order valence-corrected chi connectivity index (χ0v) is 8.44. The summed E-state index contributed by atoms with van der Waals surface area (Å²) >= 11 is 0. The molecule has 0 aliphatic heterocycles. The van der Waals surface area contributed by atoms with Gasteiger partial charge in [0.05, 0.1) is 0 Å². The SMILES string of the molecule is C=C(C)C.CCCOCCC. The second-order valence-corrected chi connectivity index (χ2v) is 2.82. The molecule has 0 aliphatic rings. The first kappa shape index (κ1) is 13.3. The maximum Gasteiger partial charge on any atom is 0.0463 e. The molecule has 0 rings (SSSR count). The van der Waals surface area contributed by atoms with Crippen LogP contribution in [0.15, 0.2) is 12.2 Å². The third-order valence-corrected chi connectivity index (χ3v) is 0.697. The second kappa shape index (κ2) is 12.4. The Morgan fingerprint density at radius 2 is 1.36 bits per heavy atom. The zero-order valence-electron chi connectivity index (χ0n) is 8.44. The standard InChI is InChI=1S/C6H14O.C4H8/c1-3-5-7-6-4-2;1-4(2)3/h3-6H2,1-2H3;1H2,2-3H3. The van der Waals surface area contributed by atoms with Gasteiger partial charge in [0.2, 0.25) is 0 Å². The highest BCUT2D eigenvalue weighted by Crippen LogP contribution is 1.81. The summed E-state index contributed by atoms with van der Waals surface area (Å²) in [5.41, 5.74) is 1.17. The first-order valence-electron chi connectivity index (χ1n) is 4.35. The summed E-state index contributed by atoms with van der Waals surface area (Å²) in [4.78, 5) is 0. The molecule has 0 aromatic heterocycles. The average molecular weight is 158 g/mol. The van der Waals surface area contributed by atoms with Gasteiger partial charge in [0, 0.05) is 13.2 Å². The van der Waals surface area contributed by atoms with E-state index < -0.39 is 0 Å². The summed E-state index contributed by atoms with van der Waals surface area (Å²) in [7, 11) is 0. The normalized spacial score (nSPS) is 8.36. The van der Waals surface area contributed by atoms with E-state index in [1.807, 2.05) is 13.8 Å². The molecule has 0 aromatic rings. The molecule has 0 atom stereocenters. The van der Waals surface area contributed by atoms with E-state index in [0.29, 0.717) is 0 Å². The number of hydrogen-bond acceptors (Lipinski definition) is 1. The molecule has 0 aromatic carbocycles. The van der Waals surface area contributed by atoms with E-state index in [1.165, 1.54) is 5.57 Å². The highest BCUT2D eigenvalue weighted by Gasteiger charge is 1.77. The fourth-order valence-corrected chi connectivity index (χ4v) is 0.391. The first-order valence-corrected chi connectivity index (χ1v) is 4.35. The molecule has 0 unspecified atom stereocenters. The molecule has 0 N–H and O–H groups in total. The van der Waals surface area contributed by atoms with Crippen molar-refractivity contribution in [2.45, 2.75) is 40.5 Å². The van der Waals surface area contributed by atoms with Gasteiger partial charge in [-0.05, 0) is 26.7 Å². The zero-order chi connectivity index (χ0) is 9.11. The lowest BCUT2D eigenvalue weighted by Gasteiger charge is -1.95. The lowest BCUT2D eigenvalue weighted by atomic mass is 10.4. The van der Waals surface area contributed by atoms with Gasteiger partial charge in [-0.2, -0.15) is 0 Å². The summed E-state index contributed by atoms with van der Waals surface area (Å²) in [6, 6.07) is 0. The van der Waals surface area contributed by atoms with Crippen molar-refractivity contribution in [2.75, 3.05) is 13.2 Å². The summed E-state index contributed by atoms with van der Waals surface area (Å²) in [6.07, 6.45) is 2.28. The maximum atomic E-state index is 5.13. The molecule has 0 saturated carbocycles. The van der Waals surface area contributed by atoms with Gasteiger partial charge in [0.15, 0.2) is 0 Å². The van der Waals surface area contributed by atoms with Gasteiger partial charge in [0.1, 0.15) is 0 Å². The Kier molecular flexibility index (Phi) is 15.0. The van der Waals surface area contributed by atoms with Gasteiger partial charge in [-0.25, -0.2) is 0 Å². The van der Waals surface area contributed by atoms with E-state index in [1.54, 1.807) is 0 Å². The van der Waals surface area contributed by atoms with Crippen LogP contribution < -0.4 is 0 Å². The lowest BCUT2D eigenvalue weighted by molar-refractivity contribution is 0.135. The molecule has 0 aliphatic carbocycles. The van der Waals surface area contributed by atoms with Gasteiger partial charge < -0.3 is 4.74 Å². The molecule has 0 amide bonds. The van der Waals surface area contributed by atoms with E-state index in [2.05, 4.69) is 20.4 Å². The van der Waals surface area contributed by atoms with E-state index in [-0.39, 0.29) is 0 Å². The lowest BCUT2D eigenvalue weighted by Crippen LogP contribution is -1.92. The fourth-order valence-electron chi connectivity index (χ4n) is 0.391. The van der Waals surface area contributed by atoms with Gasteiger partial charge >= 0.3 is 0 Å². The van der Waals surface area contributed by atoms with Gasteiger partial charge in [0.25, 0.3) is 0 Å². The minimum Gasteiger partial charge on any atom is -0.381 e. The van der Waals surface area contributed by atoms with Crippen LogP contribution in [0.5, 0.6) is 0 Å². The van der Waals surface area contributed by atoms with Crippen LogP contribution in [-0.2, 0) is 4.74 Å². The molecule has 0 bridgehead atoms. The van der Waals surface area contributed by atoms with Crippen LogP contribution in [0.3, 0.4) is 0 Å². The molecule has 0 heterocycles. The summed E-state index contributed by atoms with van der Waals surface area (Å²) in [5.74, 6) is 0. The van der Waals surface area contributed by atoms with Crippen LogP contribution in [-0.4, -0.2) is 13.2 Å². The van der Waals surface area contributed by atoms with Crippen molar-refractivity contribution in [3.8, 4) is 0 Å². The van der Waals surface area contributed by atoms with Crippen LogP contribution in [0.2, 0.25) is 0 Å². The van der Waals surface area contributed by atoms with Crippen LogP contribution in [0.25, 0.3) is 0 Å². The molecule has 68 valence electrons.